The van der Waals surface area contributed by atoms with Gasteiger partial charge in [-0.2, -0.15) is 0 Å². The Balaban J connectivity index is 2.15. The maximum absolute atomic E-state index is 14.0. The number of nitrogens with one attached hydrogen (secondary N) is 1. The minimum Gasteiger partial charge on any atom is -0.388 e. The van der Waals surface area contributed by atoms with E-state index in [1.807, 2.05) is 0 Å². The van der Waals surface area contributed by atoms with Crippen molar-refractivity contribution in [3.8, 4) is 11.4 Å². The van der Waals surface area contributed by atoms with Crippen LogP contribution in [-0.4, -0.2) is 38.5 Å². The summed E-state index contributed by atoms with van der Waals surface area (Å²) in [7, 11) is 0. The molecule has 3 rings (SSSR count). The summed E-state index contributed by atoms with van der Waals surface area (Å²) in [4.78, 5) is 7.12. The van der Waals surface area contributed by atoms with Crippen molar-refractivity contribution >= 4 is 12.2 Å². The molecule has 3 heterocycles. The molecule has 3 N–H and O–H groups in total. The van der Waals surface area contributed by atoms with Crippen molar-refractivity contribution in [1.82, 2.24) is 9.97 Å². The highest BCUT2D eigenvalue weighted by Gasteiger charge is 2.42. The molecule has 0 aliphatic carbocycles. The molecule has 7 heteroatoms. The maximum Gasteiger partial charge on any atom is 0.142 e. The average molecular weight is 310 g/mol. The molecule has 0 bridgehead atoms. The van der Waals surface area contributed by atoms with Crippen LogP contribution in [0.2, 0.25) is 0 Å². The van der Waals surface area contributed by atoms with Crippen LogP contribution in [0.1, 0.15) is 24.3 Å². The van der Waals surface area contributed by atoms with Gasteiger partial charge in [0.05, 0.1) is 11.7 Å². The van der Waals surface area contributed by atoms with Crippen LogP contribution in [0.5, 0.6) is 0 Å². The Bertz CT molecular complexity index is 720. The van der Waals surface area contributed by atoms with Gasteiger partial charge in [0.1, 0.15) is 34.6 Å². The fraction of sp³-hybridized carbons (Fsp3) is 0.429. The van der Waals surface area contributed by atoms with Gasteiger partial charge in [0.2, 0.25) is 0 Å². The van der Waals surface area contributed by atoms with Crippen LogP contribution in [0.15, 0.2) is 12.1 Å². The third kappa shape index (κ3) is 2.36. The molecule has 21 heavy (non-hydrogen) atoms. The van der Waals surface area contributed by atoms with E-state index < -0.39 is 30.2 Å². The van der Waals surface area contributed by atoms with Crippen molar-refractivity contribution in [2.75, 3.05) is 0 Å². The van der Waals surface area contributed by atoms with Crippen LogP contribution in [0, 0.1) is 17.4 Å². The van der Waals surface area contributed by atoms with Gasteiger partial charge in [-0.3, -0.25) is 0 Å². The van der Waals surface area contributed by atoms with Crippen molar-refractivity contribution in [2.45, 2.75) is 38.3 Å². The Labute approximate surface area is 125 Å². The first-order valence-electron chi connectivity index (χ1n) is 6.60. The lowest BCUT2D eigenvalue weighted by atomic mass is 10.0. The number of pyridine rings is 2. The Morgan fingerprint density at radius 1 is 1.33 bits per heavy atom. The second kappa shape index (κ2) is 5.10. The number of aliphatic hydroxyl groups is 2. The number of aromatic nitrogens is 2. The van der Waals surface area contributed by atoms with Crippen LogP contribution in [-0.2, 0) is 4.74 Å². The summed E-state index contributed by atoms with van der Waals surface area (Å²) < 4.78 is 19.8. The fourth-order valence-corrected chi connectivity index (χ4v) is 2.86. The zero-order chi connectivity index (χ0) is 15.3. The number of H-pyrrole nitrogens is 1. The van der Waals surface area contributed by atoms with Crippen LogP contribution in [0.4, 0.5) is 4.39 Å². The van der Waals surface area contributed by atoms with Gasteiger partial charge in [0, 0.05) is 11.3 Å². The van der Waals surface area contributed by atoms with Crippen molar-refractivity contribution in [1.29, 1.82) is 0 Å². The summed E-state index contributed by atoms with van der Waals surface area (Å²) in [6.07, 6.45) is -3.45. The molecule has 1 fully saturated rings. The number of fused-ring (bicyclic) bond motifs is 1. The lowest BCUT2D eigenvalue weighted by Gasteiger charge is -2.17. The van der Waals surface area contributed by atoms with E-state index in [2.05, 4.69) is 9.97 Å². The second-order valence-corrected chi connectivity index (χ2v) is 5.71. The third-order valence-corrected chi connectivity index (χ3v) is 4.07. The summed E-state index contributed by atoms with van der Waals surface area (Å²) in [5.74, 6) is -0.0755. The molecule has 112 valence electrons. The van der Waals surface area contributed by atoms with Crippen LogP contribution < -0.4 is 0 Å². The Hall–Kier alpha value is -1.41. The van der Waals surface area contributed by atoms with Gasteiger partial charge in [-0.05, 0) is 26.0 Å². The van der Waals surface area contributed by atoms with E-state index in [-0.39, 0.29) is 10.2 Å². The van der Waals surface area contributed by atoms with E-state index in [0.29, 0.717) is 17.1 Å². The van der Waals surface area contributed by atoms with Gasteiger partial charge < -0.3 is 19.9 Å². The summed E-state index contributed by atoms with van der Waals surface area (Å²) in [5.41, 5.74) is 1.31. The topological polar surface area (TPSA) is 78.4 Å². The molecule has 3 aliphatic rings. The molecular weight excluding hydrogens is 295 g/mol. The molecular formula is C14H15FN2O3S. The molecule has 0 radical (unpaired) electrons. The zero-order valence-electron chi connectivity index (χ0n) is 11.5. The number of aryl methyl sites for hydroxylation is 1. The average Bonchev–Trinajstić information content (AvgIpc) is 2.65. The molecule has 1 unspecified atom stereocenters. The smallest absolute Gasteiger partial charge is 0.142 e. The third-order valence-electron chi connectivity index (χ3n) is 3.74. The number of hydrogen-bond donors (Lipinski definition) is 3. The first-order chi connectivity index (χ1) is 9.88. The van der Waals surface area contributed by atoms with E-state index in [0.717, 1.165) is 0 Å². The normalized spacial score (nSPS) is 29.2. The van der Waals surface area contributed by atoms with Gasteiger partial charge >= 0.3 is 0 Å². The van der Waals surface area contributed by atoms with Crippen LogP contribution in [0.25, 0.3) is 11.4 Å². The minimum atomic E-state index is -1.11. The van der Waals surface area contributed by atoms with Gasteiger partial charge in [-0.25, -0.2) is 9.37 Å². The molecule has 0 saturated carbocycles. The van der Waals surface area contributed by atoms with Gasteiger partial charge in [-0.15, -0.1) is 0 Å². The number of nitrogens with zero attached hydrogens (tertiary/aromatic N) is 1. The van der Waals surface area contributed by atoms with Crippen molar-refractivity contribution in [2.24, 2.45) is 0 Å². The van der Waals surface area contributed by atoms with Crippen molar-refractivity contribution in [3.05, 3.63) is 33.8 Å². The first kappa shape index (κ1) is 14.5. The number of ether oxygens (including phenoxy) is 1. The number of aromatic amines is 1. The number of rotatable bonds is 1. The van der Waals surface area contributed by atoms with E-state index in [1.54, 1.807) is 13.8 Å². The number of hydrogen-bond acceptors (Lipinski definition) is 5. The predicted molar refractivity (Wildman–Crippen MR) is 76.0 cm³/mol. The summed E-state index contributed by atoms with van der Waals surface area (Å²) in [6, 6.07) is 2.88. The largest absolute Gasteiger partial charge is 0.388 e. The quantitative estimate of drug-likeness (QED) is 0.701. The molecule has 5 nitrogen and oxygen atoms in total. The minimum absolute atomic E-state index is 0.217. The Morgan fingerprint density at radius 3 is 2.67 bits per heavy atom. The lowest BCUT2D eigenvalue weighted by molar-refractivity contribution is 0.0147. The molecule has 1 saturated heterocycles. The standard InChI is InChI=1S/C14H15FN2O3S/c1-5-3-9(15)7-4-8(14(21)17-13(7)16-5)12-11(19)10(18)6(2)20-12/h3-4,6,10-12,18-19H,1-2H3,(H,16,17,21)/t6-,10?,11+,12+/m1/s1. The maximum atomic E-state index is 14.0. The molecule has 4 atom stereocenters. The first-order valence-corrected chi connectivity index (χ1v) is 7.01. The van der Waals surface area contributed by atoms with Crippen LogP contribution >= 0.6 is 12.2 Å². The molecule has 3 aliphatic heterocycles. The van der Waals surface area contributed by atoms with E-state index >= 15 is 0 Å². The number of halogens is 1. The van der Waals surface area contributed by atoms with Gasteiger partial charge in [0.25, 0.3) is 0 Å². The van der Waals surface area contributed by atoms with Gasteiger partial charge in [-0.1, -0.05) is 12.2 Å². The predicted octanol–water partition coefficient (Wildman–Crippen LogP) is 1.87. The summed E-state index contributed by atoms with van der Waals surface area (Å²) in [6.45, 7) is 3.38. The highest BCUT2D eigenvalue weighted by Crippen LogP contribution is 2.36. The highest BCUT2D eigenvalue weighted by atomic mass is 32.1. The van der Waals surface area contributed by atoms with Crippen molar-refractivity contribution < 1.29 is 19.3 Å². The van der Waals surface area contributed by atoms with Gasteiger partial charge in [0.15, 0.2) is 0 Å². The summed E-state index contributed by atoms with van der Waals surface area (Å²) in [5, 5.41) is 19.8. The highest BCUT2D eigenvalue weighted by molar-refractivity contribution is 7.71. The number of aliphatic hydroxyl groups excluding tert-OH is 2. The van der Waals surface area contributed by atoms with Crippen LogP contribution in [0.3, 0.4) is 0 Å². The van der Waals surface area contributed by atoms with E-state index in [4.69, 9.17) is 17.0 Å². The molecule has 0 aromatic rings. The second-order valence-electron chi connectivity index (χ2n) is 5.32. The Morgan fingerprint density at radius 2 is 2.05 bits per heavy atom. The molecule has 0 aromatic carbocycles. The van der Waals surface area contributed by atoms with E-state index in [9.17, 15) is 14.6 Å². The lowest BCUT2D eigenvalue weighted by Crippen LogP contribution is -2.28. The van der Waals surface area contributed by atoms with E-state index in [1.165, 1.54) is 12.1 Å². The molecule has 0 spiro atoms. The SMILES string of the molecule is Cc1cc(F)c2cc([C@@H]3O[C@H](C)C(O)[C@@H]3O)c(=S)nc-2[nH]1. The fourth-order valence-electron chi connectivity index (χ4n) is 2.59. The van der Waals surface area contributed by atoms with Crippen molar-refractivity contribution in [3.63, 3.8) is 0 Å². The zero-order valence-corrected chi connectivity index (χ0v) is 12.3. The molecule has 0 aromatic heterocycles. The monoisotopic (exact) mass is 310 g/mol. The molecule has 0 amide bonds. The summed E-state index contributed by atoms with van der Waals surface area (Å²) >= 11 is 5.21. The Kier molecular flexibility index (Phi) is 3.53.